The van der Waals surface area contributed by atoms with E-state index in [9.17, 15) is 0 Å². The lowest BCUT2D eigenvalue weighted by molar-refractivity contribution is 0.114. The monoisotopic (exact) mass is 283 g/mol. The van der Waals surface area contributed by atoms with Crippen molar-refractivity contribution >= 4 is 0 Å². The van der Waals surface area contributed by atoms with Gasteiger partial charge in [0.25, 0.3) is 0 Å². The number of hydrogen-bond acceptors (Lipinski definition) is 5. The zero-order valence-corrected chi connectivity index (χ0v) is 13.0. The first-order chi connectivity index (χ1) is 9.71. The van der Waals surface area contributed by atoms with E-state index in [1.54, 1.807) is 21.3 Å². The molecule has 1 rings (SSSR count). The summed E-state index contributed by atoms with van der Waals surface area (Å²) >= 11 is 0. The Morgan fingerprint density at radius 3 is 2.05 bits per heavy atom. The first-order valence-electron chi connectivity index (χ1n) is 6.76. The maximum Gasteiger partial charge on any atom is 0.203 e. The number of nitrogens with one attached hydrogen (secondary N) is 1. The molecular weight excluding hydrogens is 258 g/mol. The minimum absolute atomic E-state index is 0.0789. The van der Waals surface area contributed by atoms with Gasteiger partial charge in [0.2, 0.25) is 5.75 Å². The van der Waals surface area contributed by atoms with Crippen LogP contribution < -0.4 is 19.5 Å². The number of benzene rings is 1. The number of likely N-dealkylation sites (N-methyl/N-ethyl adjacent to an activating group) is 1. The van der Waals surface area contributed by atoms with E-state index in [2.05, 4.69) is 12.2 Å². The molecule has 5 nitrogen and oxygen atoms in total. The summed E-state index contributed by atoms with van der Waals surface area (Å²) in [5.74, 6) is 1.90. The van der Waals surface area contributed by atoms with Crippen molar-refractivity contribution < 1.29 is 18.9 Å². The van der Waals surface area contributed by atoms with Gasteiger partial charge in [0.05, 0.1) is 34.0 Å². The summed E-state index contributed by atoms with van der Waals surface area (Å²) in [4.78, 5) is 0. The second-order valence-corrected chi connectivity index (χ2v) is 4.37. The van der Waals surface area contributed by atoms with Crippen molar-refractivity contribution in [1.82, 2.24) is 5.32 Å². The molecule has 0 fully saturated rings. The Balaban J connectivity index is 3.03. The molecule has 1 aromatic carbocycles. The number of ether oxygens (including phenoxy) is 4. The van der Waals surface area contributed by atoms with E-state index in [-0.39, 0.29) is 6.04 Å². The van der Waals surface area contributed by atoms with Crippen molar-refractivity contribution in [2.75, 3.05) is 41.6 Å². The summed E-state index contributed by atoms with van der Waals surface area (Å²) < 4.78 is 21.7. The molecule has 0 radical (unpaired) electrons. The lowest BCUT2D eigenvalue weighted by Gasteiger charge is -2.20. The summed E-state index contributed by atoms with van der Waals surface area (Å²) in [5, 5.41) is 3.24. The number of hydrogen-bond donors (Lipinski definition) is 1. The van der Waals surface area contributed by atoms with E-state index >= 15 is 0 Å². The van der Waals surface area contributed by atoms with Crippen molar-refractivity contribution in [3.05, 3.63) is 17.7 Å². The highest BCUT2D eigenvalue weighted by Crippen LogP contribution is 2.39. The Bertz CT molecular complexity index is 384. The molecule has 0 saturated heterocycles. The first kappa shape index (κ1) is 16.6. The van der Waals surface area contributed by atoms with Gasteiger partial charge in [0.1, 0.15) is 0 Å². The minimum atomic E-state index is 0.0789. The van der Waals surface area contributed by atoms with Crippen molar-refractivity contribution in [3.8, 4) is 17.2 Å². The second kappa shape index (κ2) is 8.66. The molecule has 0 aliphatic carbocycles. The third-order valence-electron chi connectivity index (χ3n) is 3.07. The Hall–Kier alpha value is -1.46. The molecule has 0 amide bonds. The van der Waals surface area contributed by atoms with Crippen LogP contribution in [0, 0.1) is 0 Å². The fourth-order valence-electron chi connectivity index (χ4n) is 1.99. The van der Waals surface area contributed by atoms with Gasteiger partial charge in [-0.3, -0.25) is 0 Å². The summed E-state index contributed by atoms with van der Waals surface area (Å²) in [6.45, 7) is 3.44. The number of methoxy groups -OCH3 is 3. The summed E-state index contributed by atoms with van der Waals surface area (Å²) in [5.41, 5.74) is 1.04. The van der Waals surface area contributed by atoms with Gasteiger partial charge in [0, 0.05) is 6.61 Å². The van der Waals surface area contributed by atoms with E-state index in [0.717, 1.165) is 18.6 Å². The largest absolute Gasteiger partial charge is 0.493 e. The van der Waals surface area contributed by atoms with E-state index in [0.29, 0.717) is 23.9 Å². The third-order valence-corrected chi connectivity index (χ3v) is 3.07. The zero-order valence-electron chi connectivity index (χ0n) is 13.0. The Morgan fingerprint density at radius 2 is 1.65 bits per heavy atom. The molecule has 0 heterocycles. The normalized spacial score (nSPS) is 12.1. The second-order valence-electron chi connectivity index (χ2n) is 4.37. The van der Waals surface area contributed by atoms with Crippen molar-refractivity contribution in [1.29, 1.82) is 0 Å². The van der Waals surface area contributed by atoms with Crippen molar-refractivity contribution in [2.24, 2.45) is 0 Å². The van der Waals surface area contributed by atoms with Crippen LogP contribution in [0.15, 0.2) is 12.1 Å². The lowest BCUT2D eigenvalue weighted by Crippen LogP contribution is -2.22. The van der Waals surface area contributed by atoms with Gasteiger partial charge < -0.3 is 24.3 Å². The highest BCUT2D eigenvalue weighted by Gasteiger charge is 2.17. The Morgan fingerprint density at radius 1 is 1.05 bits per heavy atom. The topological polar surface area (TPSA) is 49.0 Å². The first-order valence-corrected chi connectivity index (χ1v) is 6.76. The molecule has 1 aromatic rings. The highest BCUT2D eigenvalue weighted by molar-refractivity contribution is 5.54. The average molecular weight is 283 g/mol. The highest BCUT2D eigenvalue weighted by atomic mass is 16.5. The fourth-order valence-corrected chi connectivity index (χ4v) is 1.99. The summed E-state index contributed by atoms with van der Waals surface area (Å²) in [7, 11) is 6.73. The summed E-state index contributed by atoms with van der Waals surface area (Å²) in [6, 6.07) is 3.96. The maximum atomic E-state index is 5.62. The van der Waals surface area contributed by atoms with Crippen LogP contribution in [0.4, 0.5) is 0 Å². The van der Waals surface area contributed by atoms with Crippen LogP contribution in [-0.4, -0.2) is 41.6 Å². The van der Waals surface area contributed by atoms with E-state index in [1.165, 1.54) is 0 Å². The molecule has 114 valence electrons. The smallest absolute Gasteiger partial charge is 0.203 e. The molecule has 1 unspecified atom stereocenters. The maximum absolute atomic E-state index is 5.62. The van der Waals surface area contributed by atoms with Crippen LogP contribution in [-0.2, 0) is 4.74 Å². The molecule has 0 aliphatic heterocycles. The number of rotatable bonds is 9. The van der Waals surface area contributed by atoms with Gasteiger partial charge in [-0.15, -0.1) is 0 Å². The van der Waals surface area contributed by atoms with Gasteiger partial charge in [-0.25, -0.2) is 0 Å². The molecule has 0 spiro atoms. The third kappa shape index (κ3) is 4.02. The van der Waals surface area contributed by atoms with Crippen LogP contribution in [0.2, 0.25) is 0 Å². The molecule has 1 N–H and O–H groups in total. The van der Waals surface area contributed by atoms with E-state index in [4.69, 9.17) is 18.9 Å². The average Bonchev–Trinajstić information content (AvgIpc) is 2.50. The van der Waals surface area contributed by atoms with Gasteiger partial charge in [-0.05, 0) is 31.2 Å². The fraction of sp³-hybridized carbons (Fsp3) is 0.600. The predicted octanol–water partition coefficient (Wildman–Crippen LogP) is 2.40. The molecular formula is C15H25NO4. The predicted molar refractivity (Wildman–Crippen MR) is 79.0 cm³/mol. The van der Waals surface area contributed by atoms with Crippen LogP contribution >= 0.6 is 0 Å². The molecule has 0 saturated carbocycles. The molecule has 1 atom stereocenters. The lowest BCUT2D eigenvalue weighted by atomic mass is 10.1. The van der Waals surface area contributed by atoms with Crippen LogP contribution in [0.1, 0.15) is 24.9 Å². The van der Waals surface area contributed by atoms with Gasteiger partial charge in [-0.2, -0.15) is 0 Å². The van der Waals surface area contributed by atoms with Crippen LogP contribution in [0.3, 0.4) is 0 Å². The standard InChI is InChI=1S/C15H25NO4/c1-6-7-20-10-12(16-2)11-8-13(17-3)15(19-5)14(9-11)18-4/h8-9,12,16H,6-7,10H2,1-5H3. The zero-order chi connectivity index (χ0) is 15.0. The minimum Gasteiger partial charge on any atom is -0.493 e. The van der Waals surface area contributed by atoms with E-state index < -0.39 is 0 Å². The van der Waals surface area contributed by atoms with Crippen LogP contribution in [0.25, 0.3) is 0 Å². The molecule has 20 heavy (non-hydrogen) atoms. The summed E-state index contributed by atoms with van der Waals surface area (Å²) in [6.07, 6.45) is 1.01. The SMILES string of the molecule is CCCOCC(NC)c1cc(OC)c(OC)c(OC)c1. The Kier molecular flexibility index (Phi) is 7.18. The van der Waals surface area contributed by atoms with Gasteiger partial charge >= 0.3 is 0 Å². The van der Waals surface area contributed by atoms with Crippen molar-refractivity contribution in [2.45, 2.75) is 19.4 Å². The molecule has 5 heteroatoms. The van der Waals surface area contributed by atoms with E-state index in [1.807, 2.05) is 19.2 Å². The van der Waals surface area contributed by atoms with Crippen molar-refractivity contribution in [3.63, 3.8) is 0 Å². The van der Waals surface area contributed by atoms with Gasteiger partial charge in [0.15, 0.2) is 11.5 Å². The Labute approximate surface area is 121 Å². The molecule has 0 bridgehead atoms. The van der Waals surface area contributed by atoms with Crippen LogP contribution in [0.5, 0.6) is 17.2 Å². The van der Waals surface area contributed by atoms with Gasteiger partial charge in [-0.1, -0.05) is 6.92 Å². The molecule has 0 aromatic heterocycles. The molecule has 0 aliphatic rings. The quantitative estimate of drug-likeness (QED) is 0.705.